The molecule has 90 valence electrons. The van der Waals surface area contributed by atoms with Crippen molar-refractivity contribution in [2.75, 3.05) is 11.5 Å². The van der Waals surface area contributed by atoms with Crippen LogP contribution in [0, 0.1) is 0 Å². The molecular formula is C9H18O4S2. The molecule has 0 aliphatic heterocycles. The second-order valence-corrected chi connectivity index (χ2v) is 7.92. The Hall–Kier alpha value is -0.230. The lowest BCUT2D eigenvalue weighted by Gasteiger charge is -2.10. The minimum Gasteiger partial charge on any atom is -0.481 e. The highest BCUT2D eigenvalue weighted by molar-refractivity contribution is 8.01. The Kier molecular flexibility index (Phi) is 6.28. The molecule has 1 unspecified atom stereocenters. The Labute approximate surface area is 95.4 Å². The first kappa shape index (κ1) is 14.8. The monoisotopic (exact) mass is 254 g/mol. The Morgan fingerprint density at radius 1 is 1.33 bits per heavy atom. The van der Waals surface area contributed by atoms with Crippen molar-refractivity contribution in [2.45, 2.75) is 37.7 Å². The van der Waals surface area contributed by atoms with Gasteiger partial charge in [0.1, 0.15) is 0 Å². The average Bonchev–Trinajstić information content (AvgIpc) is 2.01. The van der Waals surface area contributed by atoms with Gasteiger partial charge in [0.2, 0.25) is 0 Å². The van der Waals surface area contributed by atoms with E-state index in [4.69, 9.17) is 5.11 Å². The van der Waals surface area contributed by atoms with Crippen LogP contribution >= 0.6 is 11.8 Å². The van der Waals surface area contributed by atoms with Crippen molar-refractivity contribution in [3.8, 4) is 0 Å². The van der Waals surface area contributed by atoms with E-state index in [1.165, 1.54) is 11.8 Å². The molecule has 0 fully saturated rings. The fraction of sp³-hybridized carbons (Fsp3) is 0.889. The van der Waals surface area contributed by atoms with Crippen LogP contribution in [0.15, 0.2) is 0 Å². The summed E-state index contributed by atoms with van der Waals surface area (Å²) in [5.41, 5.74) is 0. The molecule has 0 saturated carbocycles. The van der Waals surface area contributed by atoms with Crippen LogP contribution in [0.2, 0.25) is 0 Å². The van der Waals surface area contributed by atoms with E-state index < -0.39 is 15.8 Å². The van der Waals surface area contributed by atoms with E-state index >= 15 is 0 Å². The molecule has 0 spiro atoms. The maximum Gasteiger partial charge on any atom is 0.304 e. The minimum atomic E-state index is -2.99. The largest absolute Gasteiger partial charge is 0.481 e. The van der Waals surface area contributed by atoms with Gasteiger partial charge in [-0.05, 0) is 13.8 Å². The molecule has 0 rings (SSSR count). The molecular weight excluding hydrogens is 236 g/mol. The van der Waals surface area contributed by atoms with Gasteiger partial charge in [0.05, 0.1) is 17.4 Å². The van der Waals surface area contributed by atoms with Gasteiger partial charge in [-0.3, -0.25) is 4.79 Å². The van der Waals surface area contributed by atoms with Crippen LogP contribution in [0.5, 0.6) is 0 Å². The Balaban J connectivity index is 3.85. The molecule has 4 nitrogen and oxygen atoms in total. The molecule has 0 amide bonds. The van der Waals surface area contributed by atoms with Gasteiger partial charge in [-0.1, -0.05) is 6.92 Å². The number of sulfone groups is 1. The van der Waals surface area contributed by atoms with E-state index in [-0.39, 0.29) is 22.7 Å². The van der Waals surface area contributed by atoms with Crippen molar-refractivity contribution in [3.63, 3.8) is 0 Å². The lowest BCUT2D eigenvalue weighted by atomic mass is 10.3. The van der Waals surface area contributed by atoms with Crippen molar-refractivity contribution in [3.05, 3.63) is 0 Å². The minimum absolute atomic E-state index is 0.0372. The summed E-state index contributed by atoms with van der Waals surface area (Å²) in [6.07, 6.45) is 0.0758. The zero-order valence-electron chi connectivity index (χ0n) is 9.26. The second-order valence-electron chi connectivity index (χ2n) is 3.70. The first-order valence-electron chi connectivity index (χ1n) is 4.80. The summed E-state index contributed by atoms with van der Waals surface area (Å²) < 4.78 is 22.8. The van der Waals surface area contributed by atoms with Crippen LogP contribution in [0.4, 0.5) is 0 Å². The van der Waals surface area contributed by atoms with Gasteiger partial charge in [0, 0.05) is 11.0 Å². The molecule has 6 heteroatoms. The molecule has 0 aromatic carbocycles. The molecule has 0 saturated heterocycles. The third kappa shape index (κ3) is 6.78. The maximum atomic E-state index is 11.4. The predicted octanol–water partition coefficient (Wildman–Crippen LogP) is 1.41. The molecule has 0 aliphatic rings. The lowest BCUT2D eigenvalue weighted by Crippen LogP contribution is -2.20. The quantitative estimate of drug-likeness (QED) is 0.743. The molecule has 0 aliphatic carbocycles. The number of thioether (sulfide) groups is 1. The van der Waals surface area contributed by atoms with Gasteiger partial charge < -0.3 is 5.11 Å². The summed E-state index contributed by atoms with van der Waals surface area (Å²) in [6.45, 7) is 5.10. The number of rotatable bonds is 7. The van der Waals surface area contributed by atoms with Crippen LogP contribution < -0.4 is 0 Å². The van der Waals surface area contributed by atoms with Gasteiger partial charge in [-0.25, -0.2) is 8.42 Å². The maximum absolute atomic E-state index is 11.4. The number of aliphatic carboxylic acids is 1. The average molecular weight is 254 g/mol. The SMILES string of the molecule is CC(CC(=O)O)SCCS(=O)(=O)C(C)C. The zero-order valence-corrected chi connectivity index (χ0v) is 10.9. The summed E-state index contributed by atoms with van der Waals surface area (Å²) in [6, 6.07) is 0. The van der Waals surface area contributed by atoms with Crippen LogP contribution in [-0.2, 0) is 14.6 Å². The summed E-state index contributed by atoms with van der Waals surface area (Å²) >= 11 is 1.39. The van der Waals surface area contributed by atoms with Gasteiger partial charge in [0.15, 0.2) is 9.84 Å². The third-order valence-electron chi connectivity index (χ3n) is 1.95. The first-order chi connectivity index (χ1) is 6.75. The van der Waals surface area contributed by atoms with Gasteiger partial charge >= 0.3 is 5.97 Å². The van der Waals surface area contributed by atoms with E-state index in [0.717, 1.165) is 0 Å². The molecule has 1 atom stereocenters. The van der Waals surface area contributed by atoms with Crippen molar-refractivity contribution < 1.29 is 18.3 Å². The number of hydrogen-bond donors (Lipinski definition) is 1. The Morgan fingerprint density at radius 2 is 1.87 bits per heavy atom. The third-order valence-corrected chi connectivity index (χ3v) is 5.59. The summed E-state index contributed by atoms with van der Waals surface area (Å²) in [7, 11) is -2.99. The van der Waals surface area contributed by atoms with E-state index in [1.54, 1.807) is 20.8 Å². The van der Waals surface area contributed by atoms with E-state index in [9.17, 15) is 13.2 Å². The standard InChI is InChI=1S/C9H18O4S2/c1-7(2)15(12,13)5-4-14-8(3)6-9(10)11/h7-8H,4-6H2,1-3H3,(H,10,11). The topological polar surface area (TPSA) is 71.4 Å². The summed E-state index contributed by atoms with van der Waals surface area (Å²) in [5.74, 6) is -0.254. The molecule has 15 heavy (non-hydrogen) atoms. The highest BCUT2D eigenvalue weighted by atomic mass is 32.2. The van der Waals surface area contributed by atoms with E-state index in [1.807, 2.05) is 0 Å². The van der Waals surface area contributed by atoms with Gasteiger partial charge in [-0.15, -0.1) is 0 Å². The van der Waals surface area contributed by atoms with E-state index in [0.29, 0.717) is 5.75 Å². The molecule has 0 heterocycles. The van der Waals surface area contributed by atoms with Crippen molar-refractivity contribution in [1.29, 1.82) is 0 Å². The smallest absolute Gasteiger partial charge is 0.304 e. The zero-order chi connectivity index (χ0) is 12.1. The number of carboxylic acid groups (broad SMARTS) is 1. The first-order valence-corrected chi connectivity index (χ1v) is 7.57. The highest BCUT2D eigenvalue weighted by Gasteiger charge is 2.16. The Bertz CT molecular complexity index is 295. The van der Waals surface area contributed by atoms with Crippen LogP contribution in [0.25, 0.3) is 0 Å². The van der Waals surface area contributed by atoms with Crippen LogP contribution in [0.1, 0.15) is 27.2 Å². The normalized spacial score (nSPS) is 14.1. The fourth-order valence-corrected chi connectivity index (χ4v) is 3.35. The summed E-state index contributed by atoms with van der Waals surface area (Å²) in [4.78, 5) is 10.3. The molecule has 0 bridgehead atoms. The number of carboxylic acids is 1. The summed E-state index contributed by atoms with van der Waals surface area (Å²) in [5, 5.41) is 8.11. The van der Waals surface area contributed by atoms with Crippen LogP contribution in [-0.4, -0.2) is 41.5 Å². The molecule has 0 aromatic rings. The fourth-order valence-electron chi connectivity index (χ4n) is 0.906. The predicted molar refractivity (Wildman–Crippen MR) is 63.1 cm³/mol. The van der Waals surface area contributed by atoms with Crippen LogP contribution in [0.3, 0.4) is 0 Å². The molecule has 0 aromatic heterocycles. The number of carbonyl (C=O) groups is 1. The second kappa shape index (κ2) is 6.37. The van der Waals surface area contributed by atoms with Crippen molar-refractivity contribution in [2.24, 2.45) is 0 Å². The highest BCUT2D eigenvalue weighted by Crippen LogP contribution is 2.15. The molecule has 1 N–H and O–H groups in total. The van der Waals surface area contributed by atoms with E-state index in [2.05, 4.69) is 0 Å². The molecule has 0 radical (unpaired) electrons. The number of hydrogen-bond acceptors (Lipinski definition) is 4. The van der Waals surface area contributed by atoms with Crippen molar-refractivity contribution >= 4 is 27.6 Å². The van der Waals surface area contributed by atoms with Gasteiger partial charge in [0.25, 0.3) is 0 Å². The van der Waals surface area contributed by atoms with Crippen molar-refractivity contribution in [1.82, 2.24) is 0 Å². The van der Waals surface area contributed by atoms with Gasteiger partial charge in [-0.2, -0.15) is 11.8 Å². The lowest BCUT2D eigenvalue weighted by molar-refractivity contribution is -0.136. The Morgan fingerprint density at radius 3 is 2.27 bits per heavy atom.